The van der Waals surface area contributed by atoms with Gasteiger partial charge in [0.2, 0.25) is 0 Å². The number of carbonyl (C=O) groups is 1. The first kappa shape index (κ1) is 22.7. The average Bonchev–Trinajstić information content (AvgIpc) is 3.58. The average molecular weight is 497 g/mol. The third-order valence-electron chi connectivity index (χ3n) is 5.41. The van der Waals surface area contributed by atoms with E-state index in [1.54, 1.807) is 6.20 Å². The van der Waals surface area contributed by atoms with Gasteiger partial charge in [-0.2, -0.15) is 0 Å². The highest BCUT2D eigenvalue weighted by molar-refractivity contribution is 7.12. The fourth-order valence-electron chi connectivity index (χ4n) is 3.73. The number of aliphatic carboxylic acids is 1. The van der Waals surface area contributed by atoms with Crippen molar-refractivity contribution in [3.05, 3.63) is 87.8 Å². The number of aromatic nitrogens is 3. The highest BCUT2D eigenvalue weighted by Crippen LogP contribution is 2.34. The van der Waals surface area contributed by atoms with Crippen LogP contribution in [0.15, 0.2) is 54.9 Å². The number of carboxylic acid groups (broad SMARTS) is 1. The van der Waals surface area contributed by atoms with Gasteiger partial charge in [-0.15, -0.1) is 11.3 Å². The van der Waals surface area contributed by atoms with Gasteiger partial charge in [0.15, 0.2) is 17.4 Å². The molecule has 0 aliphatic heterocycles. The molecule has 0 aliphatic rings. The molecule has 2 aromatic carbocycles. The summed E-state index contributed by atoms with van der Waals surface area (Å²) in [7, 11) is 0. The lowest BCUT2D eigenvalue weighted by atomic mass is 10.2. The van der Waals surface area contributed by atoms with Gasteiger partial charge in [0.25, 0.3) is 0 Å². The van der Waals surface area contributed by atoms with Crippen LogP contribution in [0.25, 0.3) is 22.3 Å². The van der Waals surface area contributed by atoms with Gasteiger partial charge in [0, 0.05) is 45.7 Å². The number of carboxylic acids is 1. The van der Waals surface area contributed by atoms with Crippen molar-refractivity contribution in [3.63, 3.8) is 0 Å². The van der Waals surface area contributed by atoms with Crippen LogP contribution in [0.5, 0.6) is 11.5 Å². The molecule has 0 bridgehead atoms. The van der Waals surface area contributed by atoms with Gasteiger partial charge in [-0.1, -0.05) is 0 Å². The smallest absolute Gasteiger partial charge is 0.303 e. The Kier molecular flexibility index (Phi) is 6.04. The zero-order chi connectivity index (χ0) is 24.5. The molecule has 10 heteroatoms. The summed E-state index contributed by atoms with van der Waals surface area (Å²) in [6.45, 7) is 0. The molecule has 0 radical (unpaired) electrons. The lowest BCUT2D eigenvalue weighted by Crippen LogP contribution is -1.95. The van der Waals surface area contributed by atoms with Crippen LogP contribution in [0.2, 0.25) is 0 Å². The molecular weight excluding hydrogens is 479 g/mol. The number of imidazole rings is 1. The summed E-state index contributed by atoms with van der Waals surface area (Å²) in [6, 6.07) is 10.2. The Morgan fingerprint density at radius 2 is 1.89 bits per heavy atom. The van der Waals surface area contributed by atoms with E-state index in [0.29, 0.717) is 18.4 Å². The van der Waals surface area contributed by atoms with Crippen LogP contribution in [0.4, 0.5) is 13.2 Å². The first-order chi connectivity index (χ1) is 16.9. The Morgan fingerprint density at radius 3 is 2.71 bits per heavy atom. The standard InChI is InChI=1S/C25H18F3N3O3S/c26-19-5-1-14(34-24-20(27)11-21-17(23(24)28)7-8-29-21)10-18(19)25-30-12-13(31-25)9-16-3-2-15(35-16)4-6-22(32)33/h1-3,5,7-8,10-12,29H,4,6,9H2,(H,30,31)(H,32,33). The number of aromatic amines is 2. The number of H-pyrrole nitrogens is 2. The Morgan fingerprint density at radius 1 is 1.06 bits per heavy atom. The van der Waals surface area contributed by atoms with Crippen LogP contribution in [-0.4, -0.2) is 26.0 Å². The highest BCUT2D eigenvalue weighted by Gasteiger charge is 2.18. The topological polar surface area (TPSA) is 91.0 Å². The van der Waals surface area contributed by atoms with Crippen molar-refractivity contribution in [2.45, 2.75) is 19.3 Å². The molecule has 0 fully saturated rings. The normalized spacial score (nSPS) is 11.3. The number of nitrogens with one attached hydrogen (secondary N) is 2. The molecule has 0 unspecified atom stereocenters. The molecule has 3 N–H and O–H groups in total. The van der Waals surface area contributed by atoms with E-state index in [-0.39, 0.29) is 28.9 Å². The summed E-state index contributed by atoms with van der Waals surface area (Å²) < 4.78 is 49.2. The van der Waals surface area contributed by atoms with Crippen LogP contribution >= 0.6 is 11.3 Å². The van der Waals surface area contributed by atoms with Gasteiger partial charge in [-0.25, -0.2) is 18.2 Å². The first-order valence-electron chi connectivity index (χ1n) is 10.6. The quantitative estimate of drug-likeness (QED) is 0.230. The van der Waals surface area contributed by atoms with E-state index < -0.39 is 29.2 Å². The molecule has 0 atom stereocenters. The fourth-order valence-corrected chi connectivity index (χ4v) is 4.77. The van der Waals surface area contributed by atoms with Gasteiger partial charge >= 0.3 is 5.97 Å². The predicted octanol–water partition coefficient (Wildman–Crippen LogP) is 6.44. The number of halogens is 3. The molecule has 0 spiro atoms. The molecule has 0 amide bonds. The summed E-state index contributed by atoms with van der Waals surface area (Å²) in [5.41, 5.74) is 1.12. The number of nitrogens with zero attached hydrogens (tertiary/aromatic N) is 1. The Labute approximate surface area is 201 Å². The van der Waals surface area contributed by atoms with E-state index in [1.807, 2.05) is 12.1 Å². The second-order valence-corrected chi connectivity index (χ2v) is 9.13. The van der Waals surface area contributed by atoms with Crippen LogP contribution in [-0.2, 0) is 17.6 Å². The lowest BCUT2D eigenvalue weighted by Gasteiger charge is -2.10. The van der Waals surface area contributed by atoms with Crippen molar-refractivity contribution in [2.75, 3.05) is 0 Å². The van der Waals surface area contributed by atoms with Crippen molar-refractivity contribution in [1.29, 1.82) is 0 Å². The third kappa shape index (κ3) is 4.78. The highest BCUT2D eigenvalue weighted by atomic mass is 32.1. The van der Waals surface area contributed by atoms with E-state index in [9.17, 15) is 18.0 Å². The zero-order valence-electron chi connectivity index (χ0n) is 18.1. The number of aryl methyl sites for hydroxylation is 1. The molecule has 5 aromatic rings. The van der Waals surface area contributed by atoms with Gasteiger partial charge in [-0.3, -0.25) is 4.79 Å². The molecule has 0 aliphatic carbocycles. The molecule has 35 heavy (non-hydrogen) atoms. The van der Waals surface area contributed by atoms with Gasteiger partial charge in [-0.05, 0) is 42.8 Å². The largest absolute Gasteiger partial charge is 0.481 e. The van der Waals surface area contributed by atoms with E-state index >= 15 is 0 Å². The second-order valence-electron chi connectivity index (χ2n) is 7.88. The molecule has 0 saturated heterocycles. The summed E-state index contributed by atoms with van der Waals surface area (Å²) >= 11 is 1.51. The minimum absolute atomic E-state index is 0.0494. The summed E-state index contributed by atoms with van der Waals surface area (Å²) in [6.07, 6.45) is 4.12. The molecular formula is C25H18F3N3O3S. The Hall–Kier alpha value is -4.05. The third-order valence-corrected chi connectivity index (χ3v) is 6.56. The van der Waals surface area contributed by atoms with Crippen molar-refractivity contribution in [1.82, 2.24) is 15.0 Å². The van der Waals surface area contributed by atoms with Crippen LogP contribution in [0.3, 0.4) is 0 Å². The Bertz CT molecular complexity index is 1540. The van der Waals surface area contributed by atoms with Crippen molar-refractivity contribution in [2.24, 2.45) is 0 Å². The molecule has 3 heterocycles. The monoisotopic (exact) mass is 497 g/mol. The van der Waals surface area contributed by atoms with Crippen LogP contribution < -0.4 is 4.74 Å². The SMILES string of the molecule is O=C(O)CCc1ccc(Cc2cnc(-c3cc(Oc4c(F)cc5[nH]ccc5c4F)ccc3F)[nH]2)s1. The number of rotatable bonds is 8. The van der Waals surface area contributed by atoms with Gasteiger partial charge in [0.1, 0.15) is 17.4 Å². The van der Waals surface area contributed by atoms with E-state index in [1.165, 1.54) is 35.7 Å². The number of benzene rings is 2. The van der Waals surface area contributed by atoms with Crippen molar-refractivity contribution < 1.29 is 27.8 Å². The summed E-state index contributed by atoms with van der Waals surface area (Å²) in [5, 5.41) is 9.01. The van der Waals surface area contributed by atoms with Gasteiger partial charge < -0.3 is 19.8 Å². The Balaban J connectivity index is 1.36. The predicted molar refractivity (Wildman–Crippen MR) is 125 cm³/mol. The number of ether oxygens (including phenoxy) is 1. The minimum Gasteiger partial charge on any atom is -0.481 e. The second kappa shape index (κ2) is 9.30. The lowest BCUT2D eigenvalue weighted by molar-refractivity contribution is -0.136. The molecule has 0 saturated carbocycles. The number of hydrogen-bond acceptors (Lipinski definition) is 4. The fraction of sp³-hybridized carbons (Fsp3) is 0.120. The minimum atomic E-state index is -0.887. The van der Waals surface area contributed by atoms with E-state index in [2.05, 4.69) is 15.0 Å². The summed E-state index contributed by atoms with van der Waals surface area (Å²) in [5.74, 6) is -3.45. The number of thiophene rings is 1. The molecule has 6 nitrogen and oxygen atoms in total. The summed E-state index contributed by atoms with van der Waals surface area (Å²) in [4.78, 5) is 22.8. The number of hydrogen-bond donors (Lipinski definition) is 3. The zero-order valence-corrected chi connectivity index (χ0v) is 18.9. The molecule has 178 valence electrons. The van der Waals surface area contributed by atoms with E-state index in [4.69, 9.17) is 9.84 Å². The molecule has 5 rings (SSSR count). The first-order valence-corrected chi connectivity index (χ1v) is 11.4. The van der Waals surface area contributed by atoms with Gasteiger partial charge in [0.05, 0.1) is 17.5 Å². The van der Waals surface area contributed by atoms with E-state index in [0.717, 1.165) is 27.6 Å². The van der Waals surface area contributed by atoms with Crippen LogP contribution in [0.1, 0.15) is 21.9 Å². The number of fused-ring (bicyclic) bond motifs is 1. The van der Waals surface area contributed by atoms with Crippen molar-refractivity contribution >= 4 is 28.2 Å². The molecule has 3 aromatic heterocycles. The maximum Gasteiger partial charge on any atom is 0.303 e. The maximum atomic E-state index is 14.7. The van der Waals surface area contributed by atoms with Crippen LogP contribution in [0, 0.1) is 17.5 Å². The van der Waals surface area contributed by atoms with Crippen molar-refractivity contribution in [3.8, 4) is 22.9 Å². The maximum absolute atomic E-state index is 14.7.